The first-order valence-corrected chi connectivity index (χ1v) is 4.43. The second-order valence-corrected chi connectivity index (χ2v) is 3.11. The highest BCUT2D eigenvalue weighted by atomic mass is 16.4. The Morgan fingerprint density at radius 2 is 1.92 bits per heavy atom. The maximum absolute atomic E-state index is 10.6. The van der Waals surface area contributed by atoms with E-state index in [9.17, 15) is 9.59 Å². The summed E-state index contributed by atoms with van der Waals surface area (Å²) < 4.78 is 0. The van der Waals surface area contributed by atoms with Crippen LogP contribution in [0.1, 0.15) is 12.8 Å². The van der Waals surface area contributed by atoms with Gasteiger partial charge in [0.05, 0.1) is 0 Å². The van der Waals surface area contributed by atoms with Crippen LogP contribution < -0.4 is 5.32 Å². The number of carbonyl (C=O) groups excluding carboxylic acids is 1. The molecule has 0 aromatic carbocycles. The van der Waals surface area contributed by atoms with Crippen LogP contribution in [0.25, 0.3) is 0 Å². The Kier molecular flexibility index (Phi) is 3.70. The van der Waals surface area contributed by atoms with E-state index in [4.69, 9.17) is 5.11 Å². The molecule has 1 rings (SSSR count). The van der Waals surface area contributed by atoms with Gasteiger partial charge in [-0.25, -0.2) is 4.79 Å². The summed E-state index contributed by atoms with van der Waals surface area (Å²) in [6.07, 6.45) is 2.40. The third-order valence-corrected chi connectivity index (χ3v) is 2.11. The molecule has 0 unspecified atom stereocenters. The highest BCUT2D eigenvalue weighted by molar-refractivity contribution is 6.31. The summed E-state index contributed by atoms with van der Waals surface area (Å²) in [7, 11) is 0. The molecule has 0 saturated carbocycles. The van der Waals surface area contributed by atoms with E-state index in [1.54, 1.807) is 0 Å². The number of likely N-dealkylation sites (tertiary alicyclic amines) is 1. The van der Waals surface area contributed by atoms with Crippen molar-refractivity contribution in [2.75, 3.05) is 26.2 Å². The molecule has 1 heterocycles. The van der Waals surface area contributed by atoms with Gasteiger partial charge in [0.2, 0.25) is 0 Å². The van der Waals surface area contributed by atoms with Gasteiger partial charge in [-0.15, -0.1) is 0 Å². The van der Waals surface area contributed by atoms with E-state index in [2.05, 4.69) is 10.2 Å². The van der Waals surface area contributed by atoms with Gasteiger partial charge in [-0.2, -0.15) is 0 Å². The summed E-state index contributed by atoms with van der Waals surface area (Å²) in [5.41, 5.74) is 0. The molecule has 74 valence electrons. The maximum atomic E-state index is 10.6. The monoisotopic (exact) mass is 186 g/mol. The Morgan fingerprint density at radius 1 is 1.31 bits per heavy atom. The minimum absolute atomic E-state index is 0.422. The molecule has 5 nitrogen and oxygen atoms in total. The first-order chi connectivity index (χ1) is 6.20. The van der Waals surface area contributed by atoms with Gasteiger partial charge in [-0.3, -0.25) is 4.79 Å². The Balaban J connectivity index is 2.06. The lowest BCUT2D eigenvalue weighted by molar-refractivity contribution is -0.150. The smallest absolute Gasteiger partial charge is 0.394 e. The van der Waals surface area contributed by atoms with Crippen molar-refractivity contribution in [1.29, 1.82) is 0 Å². The van der Waals surface area contributed by atoms with Crippen LogP contribution >= 0.6 is 0 Å². The predicted molar refractivity (Wildman–Crippen MR) is 46.3 cm³/mol. The molecule has 2 N–H and O–H groups in total. The highest BCUT2D eigenvalue weighted by Gasteiger charge is 2.13. The quantitative estimate of drug-likeness (QED) is 0.571. The van der Waals surface area contributed by atoms with Crippen LogP contribution in [0.2, 0.25) is 0 Å². The van der Waals surface area contributed by atoms with E-state index in [1.165, 1.54) is 12.8 Å². The molecule has 1 aliphatic heterocycles. The number of amides is 1. The van der Waals surface area contributed by atoms with Crippen molar-refractivity contribution in [3.63, 3.8) is 0 Å². The van der Waals surface area contributed by atoms with Crippen molar-refractivity contribution < 1.29 is 14.7 Å². The van der Waals surface area contributed by atoms with Gasteiger partial charge < -0.3 is 15.3 Å². The fourth-order valence-electron chi connectivity index (χ4n) is 1.41. The van der Waals surface area contributed by atoms with E-state index in [0.717, 1.165) is 19.6 Å². The van der Waals surface area contributed by atoms with Crippen LogP contribution in [-0.2, 0) is 9.59 Å². The topological polar surface area (TPSA) is 69.6 Å². The molecule has 1 amide bonds. The molecule has 0 aliphatic carbocycles. The van der Waals surface area contributed by atoms with Crippen LogP contribution in [0, 0.1) is 0 Å². The maximum Gasteiger partial charge on any atom is 0.394 e. The largest absolute Gasteiger partial charge is 0.474 e. The summed E-state index contributed by atoms with van der Waals surface area (Å²) in [6, 6.07) is 0. The second kappa shape index (κ2) is 4.81. The van der Waals surface area contributed by atoms with Gasteiger partial charge in [-0.1, -0.05) is 0 Å². The van der Waals surface area contributed by atoms with Crippen LogP contribution in [0.15, 0.2) is 0 Å². The van der Waals surface area contributed by atoms with E-state index < -0.39 is 11.9 Å². The molecular weight excluding hydrogens is 172 g/mol. The normalized spacial score (nSPS) is 17.2. The fourth-order valence-corrected chi connectivity index (χ4v) is 1.41. The van der Waals surface area contributed by atoms with Gasteiger partial charge in [0.15, 0.2) is 0 Å². The third-order valence-electron chi connectivity index (χ3n) is 2.11. The van der Waals surface area contributed by atoms with Crippen molar-refractivity contribution in [2.24, 2.45) is 0 Å². The molecule has 13 heavy (non-hydrogen) atoms. The Bertz CT molecular complexity index is 200. The molecule has 1 fully saturated rings. The van der Waals surface area contributed by atoms with Crippen LogP contribution in [0.5, 0.6) is 0 Å². The SMILES string of the molecule is O=C(O)C(=O)NCCN1CCCC1. The lowest BCUT2D eigenvalue weighted by atomic mass is 10.4. The number of aliphatic carboxylic acids is 1. The molecule has 1 aliphatic rings. The Labute approximate surface area is 76.7 Å². The van der Waals surface area contributed by atoms with E-state index in [1.807, 2.05) is 0 Å². The van der Waals surface area contributed by atoms with Crippen LogP contribution in [0.3, 0.4) is 0 Å². The summed E-state index contributed by atoms with van der Waals surface area (Å²) in [6.45, 7) is 3.29. The number of hydrogen-bond donors (Lipinski definition) is 2. The zero-order valence-electron chi connectivity index (χ0n) is 7.45. The van der Waals surface area contributed by atoms with Crippen molar-refractivity contribution in [3.8, 4) is 0 Å². The van der Waals surface area contributed by atoms with Crippen LogP contribution in [-0.4, -0.2) is 48.1 Å². The van der Waals surface area contributed by atoms with E-state index >= 15 is 0 Å². The highest BCUT2D eigenvalue weighted by Crippen LogP contribution is 2.05. The number of carboxylic acid groups (broad SMARTS) is 1. The number of carboxylic acids is 1. The summed E-state index contributed by atoms with van der Waals surface area (Å²) in [4.78, 5) is 22.9. The zero-order valence-corrected chi connectivity index (χ0v) is 7.45. The average Bonchev–Trinajstić information content (AvgIpc) is 2.56. The van der Waals surface area contributed by atoms with Crippen molar-refractivity contribution >= 4 is 11.9 Å². The summed E-state index contributed by atoms with van der Waals surface area (Å²) in [5.74, 6) is -2.33. The van der Waals surface area contributed by atoms with Crippen LogP contribution in [0.4, 0.5) is 0 Å². The standard InChI is InChI=1S/C8H14N2O3/c11-7(8(12)13)9-3-6-10-4-1-2-5-10/h1-6H2,(H,9,11)(H,12,13). The molecule has 0 aromatic heterocycles. The predicted octanol–water partition coefficient (Wildman–Crippen LogP) is -0.717. The first kappa shape index (κ1) is 9.98. The second-order valence-electron chi connectivity index (χ2n) is 3.11. The van der Waals surface area contributed by atoms with Gasteiger partial charge in [-0.05, 0) is 25.9 Å². The Morgan fingerprint density at radius 3 is 2.46 bits per heavy atom. The lowest BCUT2D eigenvalue weighted by Gasteiger charge is -2.13. The minimum atomic E-state index is -1.42. The number of nitrogens with zero attached hydrogens (tertiary/aromatic N) is 1. The number of hydrogen-bond acceptors (Lipinski definition) is 3. The first-order valence-electron chi connectivity index (χ1n) is 4.43. The third kappa shape index (κ3) is 3.42. The molecule has 0 atom stereocenters. The minimum Gasteiger partial charge on any atom is -0.474 e. The van der Waals surface area contributed by atoms with E-state index in [0.29, 0.717) is 6.54 Å². The number of nitrogens with one attached hydrogen (secondary N) is 1. The molecule has 0 bridgehead atoms. The number of rotatable bonds is 3. The molecule has 0 aromatic rings. The average molecular weight is 186 g/mol. The summed E-state index contributed by atoms with van der Waals surface area (Å²) >= 11 is 0. The fraction of sp³-hybridized carbons (Fsp3) is 0.750. The van der Waals surface area contributed by atoms with Crippen molar-refractivity contribution in [2.45, 2.75) is 12.8 Å². The summed E-state index contributed by atoms with van der Waals surface area (Å²) in [5, 5.41) is 10.6. The molecular formula is C8H14N2O3. The molecule has 1 saturated heterocycles. The number of carbonyl (C=O) groups is 2. The molecule has 0 radical (unpaired) electrons. The van der Waals surface area contributed by atoms with Gasteiger partial charge in [0.25, 0.3) is 0 Å². The molecule has 0 spiro atoms. The van der Waals surface area contributed by atoms with Gasteiger partial charge in [0.1, 0.15) is 0 Å². The Hall–Kier alpha value is -1.10. The van der Waals surface area contributed by atoms with Crippen molar-refractivity contribution in [1.82, 2.24) is 10.2 Å². The van der Waals surface area contributed by atoms with Gasteiger partial charge in [0, 0.05) is 13.1 Å². The molecule has 5 heteroatoms. The van der Waals surface area contributed by atoms with E-state index in [-0.39, 0.29) is 0 Å². The van der Waals surface area contributed by atoms with Crippen molar-refractivity contribution in [3.05, 3.63) is 0 Å². The van der Waals surface area contributed by atoms with Gasteiger partial charge >= 0.3 is 11.9 Å². The lowest BCUT2D eigenvalue weighted by Crippen LogP contribution is -2.36. The zero-order chi connectivity index (χ0) is 9.68.